The van der Waals surface area contributed by atoms with Crippen LogP contribution in [0.3, 0.4) is 0 Å². The number of nitrogens with zero attached hydrogens (tertiary/aromatic N) is 4. The van der Waals surface area contributed by atoms with Gasteiger partial charge in [-0.1, -0.05) is 0 Å². The maximum absolute atomic E-state index is 8.98. The molecule has 0 atom stereocenters. The second-order valence-corrected chi connectivity index (χ2v) is 3.43. The lowest BCUT2D eigenvalue weighted by molar-refractivity contribution is 0.232. The zero-order valence-electron chi connectivity index (χ0n) is 9.35. The number of anilines is 1. The van der Waals surface area contributed by atoms with E-state index in [4.69, 9.17) is 26.3 Å². The number of aromatic nitrogens is 1. The van der Waals surface area contributed by atoms with Crippen LogP contribution in [0.25, 0.3) is 0 Å². The molecule has 17 heavy (non-hydrogen) atoms. The van der Waals surface area contributed by atoms with Crippen LogP contribution in [0.1, 0.15) is 30.5 Å². The van der Waals surface area contributed by atoms with E-state index in [0.29, 0.717) is 0 Å². The van der Waals surface area contributed by atoms with E-state index in [-0.39, 0.29) is 34.5 Å². The maximum atomic E-state index is 8.98. The van der Waals surface area contributed by atoms with Crippen molar-refractivity contribution in [3.05, 3.63) is 16.7 Å². The molecule has 0 spiro atoms. The van der Waals surface area contributed by atoms with Crippen molar-refractivity contribution in [1.29, 1.82) is 15.8 Å². The summed E-state index contributed by atoms with van der Waals surface area (Å²) in [4.78, 5) is 3.82. The number of hydrogen-bond donors (Lipinski definition) is 1. The third-order valence-electron chi connectivity index (χ3n) is 1.87. The van der Waals surface area contributed by atoms with E-state index < -0.39 is 0 Å². The molecule has 6 heteroatoms. The normalized spacial score (nSPS) is 9.18. The number of pyridine rings is 1. The molecule has 0 saturated carbocycles. The van der Waals surface area contributed by atoms with Gasteiger partial charge >= 0.3 is 0 Å². The highest BCUT2D eigenvalue weighted by Gasteiger charge is 2.20. The summed E-state index contributed by atoms with van der Waals surface area (Å²) in [7, 11) is 0. The molecule has 2 N–H and O–H groups in total. The Labute approximate surface area is 98.5 Å². The minimum absolute atomic E-state index is 0.0180. The zero-order chi connectivity index (χ0) is 13.0. The van der Waals surface area contributed by atoms with Crippen molar-refractivity contribution in [2.45, 2.75) is 20.0 Å². The van der Waals surface area contributed by atoms with Gasteiger partial charge in [0.2, 0.25) is 5.88 Å². The Balaban J connectivity index is 3.58. The van der Waals surface area contributed by atoms with Crippen LogP contribution in [0.2, 0.25) is 0 Å². The fourth-order valence-electron chi connectivity index (χ4n) is 1.22. The van der Waals surface area contributed by atoms with Crippen molar-refractivity contribution in [2.24, 2.45) is 0 Å². The minimum Gasteiger partial charge on any atom is -0.474 e. The number of rotatable bonds is 2. The number of hydrogen-bond acceptors (Lipinski definition) is 6. The van der Waals surface area contributed by atoms with E-state index in [1.807, 2.05) is 0 Å². The molecule has 6 nitrogen and oxygen atoms in total. The Kier molecular flexibility index (Phi) is 3.49. The van der Waals surface area contributed by atoms with Crippen molar-refractivity contribution < 1.29 is 4.74 Å². The van der Waals surface area contributed by atoms with Crippen LogP contribution < -0.4 is 10.5 Å². The lowest BCUT2D eigenvalue weighted by Gasteiger charge is -2.12. The van der Waals surface area contributed by atoms with Crippen LogP contribution in [0.5, 0.6) is 5.88 Å². The summed E-state index contributed by atoms with van der Waals surface area (Å²) in [6.45, 7) is 3.51. The van der Waals surface area contributed by atoms with Crippen LogP contribution in [0, 0.1) is 34.0 Å². The fourth-order valence-corrected chi connectivity index (χ4v) is 1.22. The standard InChI is InChI=1S/C11H9N5O/c1-6(2)17-11-9(5-14)7(3-12)8(4-13)10(15)16-11/h6H,1-2H3,(H2,15,16). The van der Waals surface area contributed by atoms with Gasteiger partial charge in [0.05, 0.1) is 11.7 Å². The molecule has 0 radical (unpaired) electrons. The molecule has 0 aliphatic carbocycles. The second-order valence-electron chi connectivity index (χ2n) is 3.43. The summed E-state index contributed by atoms with van der Waals surface area (Å²) < 4.78 is 5.28. The van der Waals surface area contributed by atoms with Crippen molar-refractivity contribution in [3.8, 4) is 24.1 Å². The Morgan fingerprint density at radius 1 is 1.06 bits per heavy atom. The van der Waals surface area contributed by atoms with E-state index in [1.54, 1.807) is 32.1 Å². The van der Waals surface area contributed by atoms with Gasteiger partial charge in [-0.2, -0.15) is 20.8 Å². The molecule has 1 heterocycles. The van der Waals surface area contributed by atoms with Crippen molar-refractivity contribution in [3.63, 3.8) is 0 Å². The molecule has 1 rings (SSSR count). The van der Waals surface area contributed by atoms with Crippen LogP contribution in [-0.4, -0.2) is 11.1 Å². The van der Waals surface area contributed by atoms with E-state index >= 15 is 0 Å². The zero-order valence-corrected chi connectivity index (χ0v) is 9.35. The summed E-state index contributed by atoms with van der Waals surface area (Å²) in [5, 5.41) is 26.8. The topological polar surface area (TPSA) is 120 Å². The van der Waals surface area contributed by atoms with Gasteiger partial charge in [-0.15, -0.1) is 0 Å². The first-order valence-corrected chi connectivity index (χ1v) is 4.75. The quantitative estimate of drug-likeness (QED) is 0.806. The summed E-state index contributed by atoms with van der Waals surface area (Å²) in [5.74, 6) is -0.130. The lowest BCUT2D eigenvalue weighted by Crippen LogP contribution is -2.11. The van der Waals surface area contributed by atoms with E-state index in [0.717, 1.165) is 0 Å². The number of nitrogen functional groups attached to an aromatic ring is 1. The molecule has 1 aromatic heterocycles. The summed E-state index contributed by atoms with van der Waals surface area (Å²) >= 11 is 0. The van der Waals surface area contributed by atoms with E-state index in [9.17, 15) is 0 Å². The SMILES string of the molecule is CC(C)Oc1nc(N)c(C#N)c(C#N)c1C#N. The highest BCUT2D eigenvalue weighted by Crippen LogP contribution is 2.26. The molecule has 0 unspecified atom stereocenters. The summed E-state index contributed by atoms with van der Waals surface area (Å²) in [6.07, 6.45) is -0.214. The van der Waals surface area contributed by atoms with Gasteiger partial charge in [-0.25, -0.2) is 0 Å². The molecule has 0 amide bonds. The smallest absolute Gasteiger partial charge is 0.235 e. The molecule has 1 aromatic rings. The van der Waals surface area contributed by atoms with Gasteiger partial charge in [0.1, 0.15) is 35.2 Å². The average Bonchev–Trinajstić information content (AvgIpc) is 2.27. The second kappa shape index (κ2) is 4.83. The highest BCUT2D eigenvalue weighted by atomic mass is 16.5. The van der Waals surface area contributed by atoms with Crippen molar-refractivity contribution >= 4 is 5.82 Å². The number of nitriles is 3. The largest absolute Gasteiger partial charge is 0.474 e. The van der Waals surface area contributed by atoms with Crippen LogP contribution in [-0.2, 0) is 0 Å². The van der Waals surface area contributed by atoms with E-state index in [2.05, 4.69) is 4.98 Å². The first-order chi connectivity index (χ1) is 8.04. The Hall–Kier alpha value is -2.78. The van der Waals surface area contributed by atoms with Crippen LogP contribution in [0.4, 0.5) is 5.82 Å². The third kappa shape index (κ3) is 2.25. The summed E-state index contributed by atoms with van der Waals surface area (Å²) in [6, 6.07) is 5.33. The lowest BCUT2D eigenvalue weighted by atomic mass is 10.1. The monoisotopic (exact) mass is 227 g/mol. The van der Waals surface area contributed by atoms with Crippen LogP contribution >= 0.6 is 0 Å². The number of nitrogens with two attached hydrogens (primary N) is 1. The predicted molar refractivity (Wildman–Crippen MR) is 58.6 cm³/mol. The van der Waals surface area contributed by atoms with Gasteiger partial charge in [0.25, 0.3) is 0 Å². The third-order valence-corrected chi connectivity index (χ3v) is 1.87. The molecule has 0 aromatic carbocycles. The number of ether oxygens (including phenoxy) is 1. The van der Waals surface area contributed by atoms with Gasteiger partial charge in [0, 0.05) is 0 Å². The maximum Gasteiger partial charge on any atom is 0.235 e. The molecule has 0 saturated heterocycles. The molecule has 0 aliphatic rings. The van der Waals surface area contributed by atoms with Gasteiger partial charge in [-0.3, -0.25) is 0 Å². The fraction of sp³-hybridized carbons (Fsp3) is 0.273. The predicted octanol–water partition coefficient (Wildman–Crippen LogP) is 1.07. The molecule has 0 bridgehead atoms. The average molecular weight is 227 g/mol. The minimum atomic E-state index is -0.214. The van der Waals surface area contributed by atoms with Gasteiger partial charge in [0.15, 0.2) is 0 Å². The van der Waals surface area contributed by atoms with Crippen molar-refractivity contribution in [1.82, 2.24) is 4.98 Å². The Morgan fingerprint density at radius 3 is 2.00 bits per heavy atom. The Bertz CT molecular complexity index is 571. The van der Waals surface area contributed by atoms with Gasteiger partial charge < -0.3 is 10.5 Å². The van der Waals surface area contributed by atoms with Crippen LogP contribution in [0.15, 0.2) is 0 Å². The summed E-state index contributed by atoms with van der Waals surface area (Å²) in [5.41, 5.74) is 5.27. The van der Waals surface area contributed by atoms with E-state index in [1.165, 1.54) is 0 Å². The molecular weight excluding hydrogens is 218 g/mol. The van der Waals surface area contributed by atoms with Gasteiger partial charge in [-0.05, 0) is 13.8 Å². The first kappa shape index (κ1) is 12.3. The molecule has 0 fully saturated rings. The molecular formula is C11H9N5O. The van der Waals surface area contributed by atoms with Crippen molar-refractivity contribution in [2.75, 3.05) is 5.73 Å². The first-order valence-electron chi connectivity index (χ1n) is 4.75. The molecule has 84 valence electrons. The Morgan fingerprint density at radius 2 is 1.59 bits per heavy atom. The highest BCUT2D eigenvalue weighted by molar-refractivity contribution is 5.66. The molecule has 0 aliphatic heterocycles.